The molecule has 3 unspecified atom stereocenters. The second kappa shape index (κ2) is 11.4. The summed E-state index contributed by atoms with van der Waals surface area (Å²) in [5.74, 6) is -3.75. The van der Waals surface area contributed by atoms with E-state index in [9.17, 15) is 14.7 Å². The van der Waals surface area contributed by atoms with Gasteiger partial charge in [-0.3, -0.25) is 0 Å². The zero-order valence-corrected chi connectivity index (χ0v) is 19.8. The Morgan fingerprint density at radius 1 is 0.694 bits per heavy atom. The molecule has 2 N–H and O–H groups in total. The van der Waals surface area contributed by atoms with E-state index in [1.165, 1.54) is 0 Å². The first-order valence-corrected chi connectivity index (χ1v) is 11.6. The fraction of sp³-hybridized carbons (Fsp3) is 0.133. The summed E-state index contributed by atoms with van der Waals surface area (Å²) in [6.07, 6.45) is -1.35. The van der Waals surface area contributed by atoms with Gasteiger partial charge in [-0.05, 0) is 36.9 Å². The van der Waals surface area contributed by atoms with Gasteiger partial charge in [-0.15, -0.1) is 0 Å². The molecule has 0 radical (unpaired) electrons. The van der Waals surface area contributed by atoms with E-state index in [0.29, 0.717) is 5.56 Å². The van der Waals surface area contributed by atoms with Crippen LogP contribution in [0.5, 0.6) is 0 Å². The van der Waals surface area contributed by atoms with Crippen LogP contribution in [0.25, 0.3) is 0 Å². The van der Waals surface area contributed by atoms with E-state index in [0.717, 1.165) is 5.56 Å². The molecule has 36 heavy (non-hydrogen) atoms. The van der Waals surface area contributed by atoms with Crippen LogP contribution < -0.4 is 5.32 Å². The summed E-state index contributed by atoms with van der Waals surface area (Å²) in [7, 11) is 1.69. The summed E-state index contributed by atoms with van der Waals surface area (Å²) in [5.41, 5.74) is 1.54. The highest BCUT2D eigenvalue weighted by Crippen LogP contribution is 2.37. The number of hydrogen-bond acceptors (Lipinski definition) is 6. The number of hydrogen-bond donors (Lipinski definition) is 2. The van der Waals surface area contributed by atoms with E-state index in [1.807, 2.05) is 30.3 Å². The Morgan fingerprint density at radius 2 is 1.14 bits per heavy atom. The summed E-state index contributed by atoms with van der Waals surface area (Å²) in [6.45, 7) is 0. The smallest absolute Gasteiger partial charge is 0.341 e. The van der Waals surface area contributed by atoms with Gasteiger partial charge in [-0.1, -0.05) is 97.1 Å². The second-order valence-electron chi connectivity index (χ2n) is 8.19. The van der Waals surface area contributed by atoms with Crippen molar-refractivity contribution in [2.75, 3.05) is 7.05 Å². The van der Waals surface area contributed by atoms with Gasteiger partial charge in [0.2, 0.25) is 0 Å². The van der Waals surface area contributed by atoms with Crippen LogP contribution in [-0.2, 0) is 15.3 Å². The predicted octanol–water partition coefficient (Wildman–Crippen LogP) is 4.88. The highest BCUT2D eigenvalue weighted by Gasteiger charge is 2.50. The molecule has 0 amide bonds. The molecule has 0 aliphatic heterocycles. The molecule has 6 heteroatoms. The Hall–Kier alpha value is -4.26. The zero-order chi connectivity index (χ0) is 25.4. The highest BCUT2D eigenvalue weighted by atomic mass is 16.7. The zero-order valence-electron chi connectivity index (χ0n) is 19.8. The van der Waals surface area contributed by atoms with Crippen LogP contribution in [0.2, 0.25) is 0 Å². The lowest BCUT2D eigenvalue weighted by Gasteiger charge is -2.39. The normalized spacial score (nSPS) is 14.2. The van der Waals surface area contributed by atoms with E-state index >= 15 is 0 Å². The largest absolute Gasteiger partial charge is 0.449 e. The SMILES string of the molecule is CNC(c1ccccc1)C(OC(=O)c1ccccc1)C(O)(OC(=O)c1ccccc1)c1ccccc1. The quantitative estimate of drug-likeness (QED) is 0.262. The van der Waals surface area contributed by atoms with E-state index in [2.05, 4.69) is 5.32 Å². The van der Waals surface area contributed by atoms with Crippen molar-refractivity contribution in [2.24, 2.45) is 0 Å². The molecule has 0 bridgehead atoms. The van der Waals surface area contributed by atoms with Crippen LogP contribution in [0.1, 0.15) is 37.9 Å². The van der Waals surface area contributed by atoms with Crippen molar-refractivity contribution < 1.29 is 24.2 Å². The van der Waals surface area contributed by atoms with Crippen molar-refractivity contribution in [1.29, 1.82) is 0 Å². The summed E-state index contributed by atoms with van der Waals surface area (Å²) < 4.78 is 11.8. The van der Waals surface area contributed by atoms with Crippen LogP contribution in [0.15, 0.2) is 121 Å². The molecule has 182 valence electrons. The van der Waals surface area contributed by atoms with E-state index in [1.54, 1.807) is 98.0 Å². The molecular formula is C30H27NO5. The van der Waals surface area contributed by atoms with Gasteiger partial charge < -0.3 is 19.9 Å². The number of rotatable bonds is 9. The monoisotopic (exact) mass is 481 g/mol. The Kier molecular flexibility index (Phi) is 7.90. The molecule has 4 rings (SSSR count). The van der Waals surface area contributed by atoms with Crippen molar-refractivity contribution in [3.63, 3.8) is 0 Å². The van der Waals surface area contributed by atoms with Crippen molar-refractivity contribution in [2.45, 2.75) is 17.9 Å². The molecule has 4 aromatic carbocycles. The van der Waals surface area contributed by atoms with Crippen molar-refractivity contribution in [3.05, 3.63) is 144 Å². The molecule has 3 atom stereocenters. The Bertz CT molecular complexity index is 1270. The summed E-state index contributed by atoms with van der Waals surface area (Å²) in [5, 5.41) is 15.3. The molecule has 0 aromatic heterocycles. The first-order chi connectivity index (χ1) is 17.5. The number of likely N-dealkylation sites (N-methyl/N-ethyl adjacent to an activating group) is 1. The van der Waals surface area contributed by atoms with Crippen molar-refractivity contribution in [1.82, 2.24) is 5.32 Å². The molecule has 0 fully saturated rings. The fourth-order valence-corrected chi connectivity index (χ4v) is 4.02. The maximum absolute atomic E-state index is 13.2. The third-order valence-electron chi connectivity index (χ3n) is 5.85. The third kappa shape index (κ3) is 5.51. The number of aliphatic hydroxyl groups is 1. The minimum absolute atomic E-state index is 0.251. The van der Waals surface area contributed by atoms with E-state index in [4.69, 9.17) is 9.47 Å². The Balaban J connectivity index is 1.83. The third-order valence-corrected chi connectivity index (χ3v) is 5.85. The number of ether oxygens (including phenoxy) is 2. The topological polar surface area (TPSA) is 84.9 Å². The van der Waals surface area contributed by atoms with Crippen LogP contribution in [0.4, 0.5) is 0 Å². The standard InChI is InChI=1S/C30H27NO5/c1-31-26(22-14-6-2-7-15-22)27(35-28(32)23-16-8-3-9-17-23)30(34,25-20-12-5-13-21-25)36-29(33)24-18-10-4-11-19-24/h2-21,26-27,31,34H,1H3. The van der Waals surface area contributed by atoms with Crippen LogP contribution in [-0.4, -0.2) is 30.2 Å². The second-order valence-corrected chi connectivity index (χ2v) is 8.19. The van der Waals surface area contributed by atoms with Gasteiger partial charge >= 0.3 is 11.9 Å². The predicted molar refractivity (Wildman–Crippen MR) is 136 cm³/mol. The van der Waals surface area contributed by atoms with Crippen LogP contribution in [0, 0.1) is 0 Å². The van der Waals surface area contributed by atoms with Gasteiger partial charge in [-0.25, -0.2) is 9.59 Å². The molecule has 6 nitrogen and oxygen atoms in total. The number of carbonyl (C=O) groups excluding carboxylic acids is 2. The Morgan fingerprint density at radius 3 is 1.64 bits per heavy atom. The molecule has 0 aliphatic carbocycles. The first kappa shape index (κ1) is 24.9. The molecular weight excluding hydrogens is 454 g/mol. The number of nitrogens with one attached hydrogen (secondary N) is 1. The van der Waals surface area contributed by atoms with Gasteiger partial charge in [0, 0.05) is 5.56 Å². The van der Waals surface area contributed by atoms with Gasteiger partial charge in [0.1, 0.15) is 0 Å². The average Bonchev–Trinajstić information content (AvgIpc) is 2.94. The van der Waals surface area contributed by atoms with Gasteiger partial charge in [0.15, 0.2) is 6.10 Å². The first-order valence-electron chi connectivity index (χ1n) is 11.6. The maximum atomic E-state index is 13.2. The number of esters is 2. The lowest BCUT2D eigenvalue weighted by atomic mass is 9.90. The summed E-state index contributed by atoms with van der Waals surface area (Å²) in [4.78, 5) is 26.4. The molecule has 4 aromatic rings. The van der Waals surface area contributed by atoms with Crippen molar-refractivity contribution >= 4 is 11.9 Å². The molecule has 0 saturated heterocycles. The molecule has 0 spiro atoms. The average molecular weight is 482 g/mol. The Labute approximate surface area is 210 Å². The minimum Gasteiger partial charge on any atom is -0.449 e. The minimum atomic E-state index is -2.33. The maximum Gasteiger partial charge on any atom is 0.341 e. The van der Waals surface area contributed by atoms with Gasteiger partial charge in [0.05, 0.1) is 17.2 Å². The number of carbonyl (C=O) groups is 2. The summed E-state index contributed by atoms with van der Waals surface area (Å²) in [6, 6.07) is 33.8. The van der Waals surface area contributed by atoms with Crippen molar-refractivity contribution in [3.8, 4) is 0 Å². The van der Waals surface area contributed by atoms with E-state index in [-0.39, 0.29) is 11.1 Å². The molecule has 0 heterocycles. The number of benzene rings is 4. The van der Waals surface area contributed by atoms with Crippen LogP contribution >= 0.6 is 0 Å². The van der Waals surface area contributed by atoms with Crippen LogP contribution in [0.3, 0.4) is 0 Å². The van der Waals surface area contributed by atoms with E-state index < -0.39 is 29.9 Å². The highest BCUT2D eigenvalue weighted by molar-refractivity contribution is 5.90. The lowest BCUT2D eigenvalue weighted by molar-refractivity contribution is -0.241. The van der Waals surface area contributed by atoms with Gasteiger partial charge in [-0.2, -0.15) is 0 Å². The fourth-order valence-electron chi connectivity index (χ4n) is 4.02. The molecule has 0 saturated carbocycles. The molecule has 0 aliphatic rings. The van der Waals surface area contributed by atoms with Gasteiger partial charge in [0.25, 0.3) is 5.79 Å². The lowest BCUT2D eigenvalue weighted by Crippen LogP contribution is -2.52. The summed E-state index contributed by atoms with van der Waals surface area (Å²) >= 11 is 0.